The van der Waals surface area contributed by atoms with Crippen molar-refractivity contribution in [2.45, 2.75) is 18.7 Å². The zero-order valence-corrected chi connectivity index (χ0v) is 19.9. The molecule has 0 saturated heterocycles. The first kappa shape index (κ1) is 23.3. The molecule has 0 bridgehead atoms. The van der Waals surface area contributed by atoms with E-state index in [9.17, 15) is 13.2 Å². The van der Waals surface area contributed by atoms with Crippen LogP contribution in [0.3, 0.4) is 0 Å². The third-order valence-electron chi connectivity index (χ3n) is 5.42. The molecule has 0 aliphatic rings. The Hall–Kier alpha value is -3.84. The Morgan fingerprint density at radius 3 is 2.35 bits per heavy atom. The maximum absolute atomic E-state index is 12.9. The highest BCUT2D eigenvalue weighted by Crippen LogP contribution is 2.22. The Kier molecular flexibility index (Phi) is 6.84. The lowest BCUT2D eigenvalue weighted by molar-refractivity contribution is 0.0947. The molecule has 7 heteroatoms. The lowest BCUT2D eigenvalue weighted by Crippen LogP contribution is -2.28. The molecule has 6 nitrogen and oxygen atoms in total. The van der Waals surface area contributed by atoms with Gasteiger partial charge in [-0.05, 0) is 66.6 Å². The van der Waals surface area contributed by atoms with E-state index >= 15 is 0 Å². The number of hydrogen-bond acceptors (Lipinski definition) is 4. The van der Waals surface area contributed by atoms with Gasteiger partial charge in [-0.2, -0.15) is 0 Å². The van der Waals surface area contributed by atoms with Gasteiger partial charge in [-0.1, -0.05) is 54.1 Å². The van der Waals surface area contributed by atoms with Crippen molar-refractivity contribution in [1.29, 1.82) is 0 Å². The lowest BCUT2D eigenvalue weighted by atomic mass is 10.1. The van der Waals surface area contributed by atoms with E-state index in [1.165, 1.54) is 6.07 Å². The second kappa shape index (κ2) is 9.97. The maximum Gasteiger partial charge on any atom is 0.262 e. The predicted molar refractivity (Wildman–Crippen MR) is 135 cm³/mol. The van der Waals surface area contributed by atoms with Crippen LogP contribution in [0.1, 0.15) is 21.5 Å². The molecule has 4 aromatic carbocycles. The van der Waals surface area contributed by atoms with E-state index in [1.54, 1.807) is 31.2 Å². The number of carbonyl (C=O) groups is 1. The minimum atomic E-state index is -3.85. The van der Waals surface area contributed by atoms with Gasteiger partial charge in [-0.25, -0.2) is 8.42 Å². The number of ether oxygens (including phenoxy) is 1. The summed E-state index contributed by atoms with van der Waals surface area (Å²) in [4.78, 5) is 12.7. The number of anilines is 1. The molecule has 0 spiro atoms. The molecule has 0 fully saturated rings. The smallest absolute Gasteiger partial charge is 0.262 e. The van der Waals surface area contributed by atoms with Crippen molar-refractivity contribution in [1.82, 2.24) is 5.32 Å². The van der Waals surface area contributed by atoms with Crippen LogP contribution in [0.25, 0.3) is 10.8 Å². The molecule has 0 aliphatic heterocycles. The Morgan fingerprint density at radius 1 is 0.853 bits per heavy atom. The molecule has 0 aliphatic carbocycles. The number of nitrogens with one attached hydrogen (secondary N) is 2. The molecule has 4 rings (SSSR count). The number of benzene rings is 4. The fraction of sp³-hybridized carbons (Fsp3) is 0.148. The van der Waals surface area contributed by atoms with Gasteiger partial charge in [0, 0.05) is 11.3 Å². The average molecular weight is 475 g/mol. The summed E-state index contributed by atoms with van der Waals surface area (Å²) in [5.41, 5.74) is 2.31. The van der Waals surface area contributed by atoms with Crippen molar-refractivity contribution in [3.8, 4) is 5.75 Å². The van der Waals surface area contributed by atoms with E-state index in [4.69, 9.17) is 4.74 Å². The van der Waals surface area contributed by atoms with Gasteiger partial charge in [0.2, 0.25) is 0 Å². The van der Waals surface area contributed by atoms with E-state index < -0.39 is 10.0 Å². The number of fused-ring (bicyclic) bond motifs is 1. The number of rotatable bonds is 8. The number of sulfonamides is 1. The third-order valence-corrected chi connectivity index (χ3v) is 6.94. The van der Waals surface area contributed by atoms with Gasteiger partial charge in [0.1, 0.15) is 12.4 Å². The highest BCUT2D eigenvalue weighted by Gasteiger charge is 2.19. The van der Waals surface area contributed by atoms with E-state index in [0.29, 0.717) is 11.3 Å². The minimum Gasteiger partial charge on any atom is -0.492 e. The van der Waals surface area contributed by atoms with Crippen LogP contribution in [0, 0.1) is 13.8 Å². The maximum atomic E-state index is 12.9. The molecule has 34 heavy (non-hydrogen) atoms. The van der Waals surface area contributed by atoms with Crippen molar-refractivity contribution >= 4 is 32.4 Å². The summed E-state index contributed by atoms with van der Waals surface area (Å²) >= 11 is 0. The Labute approximate surface area is 199 Å². The normalized spacial score (nSPS) is 11.2. The van der Waals surface area contributed by atoms with Gasteiger partial charge in [-0.15, -0.1) is 0 Å². The van der Waals surface area contributed by atoms with Gasteiger partial charge in [0.25, 0.3) is 15.9 Å². The predicted octanol–water partition coefficient (Wildman–Crippen LogP) is 5.07. The number of carbonyl (C=O) groups excluding carboxylic acids is 1. The Balaban J connectivity index is 1.38. The quantitative estimate of drug-likeness (QED) is 0.349. The number of amides is 1. The molecular weight excluding hydrogens is 448 g/mol. The van der Waals surface area contributed by atoms with Crippen molar-refractivity contribution < 1.29 is 17.9 Å². The summed E-state index contributed by atoms with van der Waals surface area (Å²) in [7, 11) is -3.85. The third kappa shape index (κ3) is 5.55. The zero-order valence-electron chi connectivity index (χ0n) is 19.0. The van der Waals surface area contributed by atoms with E-state index in [1.807, 2.05) is 61.5 Å². The molecule has 0 radical (unpaired) electrons. The van der Waals surface area contributed by atoms with Crippen LogP contribution >= 0.6 is 0 Å². The Bertz CT molecular complexity index is 1430. The molecule has 0 heterocycles. The summed E-state index contributed by atoms with van der Waals surface area (Å²) in [6, 6.07) is 25.5. The van der Waals surface area contributed by atoms with Crippen LogP contribution in [0.5, 0.6) is 5.75 Å². The highest BCUT2D eigenvalue weighted by atomic mass is 32.2. The fourth-order valence-corrected chi connectivity index (χ4v) is 4.89. The van der Waals surface area contributed by atoms with Crippen LogP contribution in [0.2, 0.25) is 0 Å². The van der Waals surface area contributed by atoms with Crippen molar-refractivity contribution in [3.63, 3.8) is 0 Å². The number of hydrogen-bond donors (Lipinski definition) is 2. The summed E-state index contributed by atoms with van der Waals surface area (Å²) in [6.45, 7) is 4.19. The molecule has 4 aromatic rings. The lowest BCUT2D eigenvalue weighted by Gasteiger charge is -2.13. The van der Waals surface area contributed by atoms with Crippen molar-refractivity contribution in [2.75, 3.05) is 17.9 Å². The monoisotopic (exact) mass is 474 g/mol. The molecule has 2 N–H and O–H groups in total. The molecule has 0 saturated carbocycles. The van der Waals surface area contributed by atoms with E-state index in [0.717, 1.165) is 22.1 Å². The van der Waals surface area contributed by atoms with Gasteiger partial charge in [-0.3, -0.25) is 9.52 Å². The van der Waals surface area contributed by atoms with Crippen LogP contribution in [-0.2, 0) is 10.0 Å². The van der Waals surface area contributed by atoms with Crippen LogP contribution in [-0.4, -0.2) is 27.5 Å². The van der Waals surface area contributed by atoms with Crippen LogP contribution < -0.4 is 14.8 Å². The Morgan fingerprint density at radius 2 is 1.59 bits per heavy atom. The summed E-state index contributed by atoms with van der Waals surface area (Å²) in [5.74, 6) is 0.354. The molecular formula is C27H26N2O4S. The topological polar surface area (TPSA) is 84.5 Å². The largest absolute Gasteiger partial charge is 0.492 e. The molecule has 174 valence electrons. The van der Waals surface area contributed by atoms with E-state index in [2.05, 4.69) is 10.0 Å². The SMILES string of the molecule is Cc1ccc(NS(=O)(=O)c2cc(C(=O)NCCOc3ccc4ccccc4c3)ccc2C)cc1. The van der Waals surface area contributed by atoms with E-state index in [-0.39, 0.29) is 29.5 Å². The summed E-state index contributed by atoms with van der Waals surface area (Å²) in [6.07, 6.45) is 0. The van der Waals surface area contributed by atoms with Gasteiger partial charge >= 0.3 is 0 Å². The molecule has 0 atom stereocenters. The summed E-state index contributed by atoms with van der Waals surface area (Å²) < 4.78 is 34.2. The second-order valence-corrected chi connectivity index (χ2v) is 9.72. The van der Waals surface area contributed by atoms with Gasteiger partial charge < -0.3 is 10.1 Å². The van der Waals surface area contributed by atoms with Gasteiger partial charge in [0.05, 0.1) is 11.4 Å². The fourth-order valence-electron chi connectivity index (χ4n) is 3.56. The number of aryl methyl sites for hydroxylation is 2. The second-order valence-electron chi connectivity index (χ2n) is 8.07. The minimum absolute atomic E-state index is 0.0631. The first-order valence-corrected chi connectivity index (χ1v) is 12.4. The van der Waals surface area contributed by atoms with Crippen molar-refractivity contribution in [2.24, 2.45) is 0 Å². The molecule has 0 unspecified atom stereocenters. The summed E-state index contributed by atoms with van der Waals surface area (Å²) in [5, 5.41) is 4.99. The highest BCUT2D eigenvalue weighted by molar-refractivity contribution is 7.92. The zero-order chi connectivity index (χ0) is 24.1. The van der Waals surface area contributed by atoms with Gasteiger partial charge in [0.15, 0.2) is 0 Å². The molecule has 1 amide bonds. The van der Waals surface area contributed by atoms with Crippen LogP contribution in [0.4, 0.5) is 5.69 Å². The average Bonchev–Trinajstić information content (AvgIpc) is 2.83. The van der Waals surface area contributed by atoms with Crippen molar-refractivity contribution in [3.05, 3.63) is 102 Å². The standard InChI is InChI=1S/C27H26N2O4S/c1-19-7-12-24(13-8-19)29-34(31,32)26-18-23(10-9-20(26)2)27(30)28-15-16-33-25-14-11-21-5-3-4-6-22(21)17-25/h3-14,17-18,29H,15-16H2,1-2H3,(H,28,30). The van der Waals surface area contributed by atoms with Crippen LogP contribution in [0.15, 0.2) is 89.8 Å². The first-order valence-electron chi connectivity index (χ1n) is 10.9. The molecule has 0 aromatic heterocycles. The first-order chi connectivity index (χ1) is 16.3.